The van der Waals surface area contributed by atoms with E-state index in [0.29, 0.717) is 5.56 Å². The van der Waals surface area contributed by atoms with E-state index in [2.05, 4.69) is 4.98 Å². The molecule has 0 bridgehead atoms. The van der Waals surface area contributed by atoms with Gasteiger partial charge in [0.05, 0.1) is 7.11 Å². The van der Waals surface area contributed by atoms with Crippen molar-refractivity contribution < 1.29 is 9.53 Å². The van der Waals surface area contributed by atoms with E-state index in [9.17, 15) is 10.1 Å². The maximum Gasteiger partial charge on any atom is 0.203 e. The summed E-state index contributed by atoms with van der Waals surface area (Å²) in [5.41, 5.74) is 2.29. The number of ether oxygens (including phenoxy) is 1. The van der Waals surface area contributed by atoms with Gasteiger partial charge in [0.15, 0.2) is 0 Å². The van der Waals surface area contributed by atoms with Crippen molar-refractivity contribution in [1.82, 2.24) is 4.98 Å². The van der Waals surface area contributed by atoms with Crippen LogP contribution in [0.2, 0.25) is 0 Å². The fraction of sp³-hybridized carbons (Fsp3) is 0.0526. The van der Waals surface area contributed by atoms with Crippen molar-refractivity contribution in [3.8, 4) is 11.8 Å². The molecule has 0 fully saturated rings. The van der Waals surface area contributed by atoms with Gasteiger partial charge in [-0.15, -0.1) is 0 Å². The molecule has 1 N–H and O–H groups in total. The van der Waals surface area contributed by atoms with Crippen molar-refractivity contribution in [2.45, 2.75) is 0 Å². The lowest BCUT2D eigenvalue weighted by Gasteiger charge is -2.01. The molecular weight excluding hydrogens is 288 g/mol. The molecule has 3 rings (SSSR count). The number of Topliss-reactive ketones (excluding diaryl/α,β-unsaturated/α-hetero) is 1. The summed E-state index contributed by atoms with van der Waals surface area (Å²) in [6, 6.07) is 16.4. The van der Waals surface area contributed by atoms with E-state index >= 15 is 0 Å². The van der Waals surface area contributed by atoms with Gasteiger partial charge in [0.1, 0.15) is 17.4 Å². The first kappa shape index (κ1) is 14.6. The van der Waals surface area contributed by atoms with Crippen LogP contribution < -0.4 is 4.74 Å². The van der Waals surface area contributed by atoms with Gasteiger partial charge in [0.2, 0.25) is 5.78 Å². The van der Waals surface area contributed by atoms with Crippen molar-refractivity contribution in [2.75, 3.05) is 7.11 Å². The van der Waals surface area contributed by atoms with Crippen molar-refractivity contribution in [3.63, 3.8) is 0 Å². The predicted octanol–water partition coefficient (Wildman–Crippen LogP) is 3.97. The van der Waals surface area contributed by atoms with Crippen LogP contribution >= 0.6 is 0 Å². The van der Waals surface area contributed by atoms with Crippen LogP contribution in [0.3, 0.4) is 0 Å². The molecule has 0 amide bonds. The summed E-state index contributed by atoms with van der Waals surface area (Å²) in [7, 11) is 1.60. The summed E-state index contributed by atoms with van der Waals surface area (Å²) >= 11 is 0. The smallest absolute Gasteiger partial charge is 0.203 e. The predicted molar refractivity (Wildman–Crippen MR) is 89.2 cm³/mol. The number of allylic oxidation sites excluding steroid dienone is 1. The Morgan fingerprint density at radius 3 is 2.70 bits per heavy atom. The third-order valence-corrected chi connectivity index (χ3v) is 3.62. The highest BCUT2D eigenvalue weighted by atomic mass is 16.5. The summed E-state index contributed by atoms with van der Waals surface area (Å²) in [5, 5.41) is 10.3. The largest absolute Gasteiger partial charge is 0.497 e. The molecule has 0 radical (unpaired) electrons. The second-order valence-corrected chi connectivity index (χ2v) is 5.02. The number of methoxy groups -OCH3 is 1. The first-order valence-electron chi connectivity index (χ1n) is 7.09. The van der Waals surface area contributed by atoms with Crippen molar-refractivity contribution >= 4 is 22.8 Å². The van der Waals surface area contributed by atoms with Gasteiger partial charge < -0.3 is 9.72 Å². The Morgan fingerprint density at radius 2 is 2.00 bits per heavy atom. The molecule has 2 aromatic carbocycles. The molecule has 0 aliphatic rings. The van der Waals surface area contributed by atoms with Crippen LogP contribution in [-0.4, -0.2) is 17.9 Å². The molecule has 23 heavy (non-hydrogen) atoms. The monoisotopic (exact) mass is 302 g/mol. The SMILES string of the molecule is COc1ccc2[nH]cc(/C=C(\C#N)C(=O)c3ccccc3)c2c1. The summed E-state index contributed by atoms with van der Waals surface area (Å²) in [5.74, 6) is 0.435. The quantitative estimate of drug-likeness (QED) is 0.450. The molecule has 0 saturated carbocycles. The van der Waals surface area contributed by atoms with Gasteiger partial charge in [-0.05, 0) is 24.3 Å². The first-order chi connectivity index (χ1) is 11.2. The third kappa shape index (κ3) is 2.85. The number of carbonyl (C=O) groups is 1. The lowest BCUT2D eigenvalue weighted by atomic mass is 10.0. The number of rotatable bonds is 4. The zero-order valence-corrected chi connectivity index (χ0v) is 12.5. The second-order valence-electron chi connectivity index (χ2n) is 5.02. The van der Waals surface area contributed by atoms with Gasteiger partial charge in [0.25, 0.3) is 0 Å². The molecule has 3 aromatic rings. The molecule has 0 spiro atoms. The Kier molecular flexibility index (Phi) is 3.94. The standard InChI is InChI=1S/C19H14N2O2/c1-23-16-7-8-18-17(10-16)15(12-21-18)9-14(11-20)19(22)13-5-3-2-4-6-13/h2-10,12,21H,1H3/b14-9+. The molecule has 0 atom stereocenters. The van der Waals surface area contributed by atoms with Crippen LogP contribution in [0.1, 0.15) is 15.9 Å². The van der Waals surface area contributed by atoms with Crippen LogP contribution in [-0.2, 0) is 0 Å². The zero-order chi connectivity index (χ0) is 16.2. The fourth-order valence-corrected chi connectivity index (χ4v) is 2.42. The Hall–Kier alpha value is -3.32. The summed E-state index contributed by atoms with van der Waals surface area (Å²) in [6.45, 7) is 0. The van der Waals surface area contributed by atoms with E-state index in [1.54, 1.807) is 43.6 Å². The second kappa shape index (κ2) is 6.20. The fourth-order valence-electron chi connectivity index (χ4n) is 2.42. The number of hydrogen-bond acceptors (Lipinski definition) is 3. The molecule has 112 valence electrons. The molecule has 4 heteroatoms. The number of aromatic nitrogens is 1. The zero-order valence-electron chi connectivity index (χ0n) is 12.5. The number of benzene rings is 2. The number of aromatic amines is 1. The Balaban J connectivity index is 2.05. The first-order valence-corrected chi connectivity index (χ1v) is 7.09. The lowest BCUT2D eigenvalue weighted by molar-refractivity contribution is 0.104. The Bertz CT molecular complexity index is 931. The number of carbonyl (C=O) groups excluding carboxylic acids is 1. The van der Waals surface area contributed by atoms with Crippen LogP contribution in [0.25, 0.3) is 17.0 Å². The maximum absolute atomic E-state index is 12.4. The van der Waals surface area contributed by atoms with E-state index in [0.717, 1.165) is 22.2 Å². The molecule has 1 heterocycles. The van der Waals surface area contributed by atoms with Crippen LogP contribution in [0.15, 0.2) is 60.3 Å². The number of hydrogen-bond donors (Lipinski definition) is 1. The molecule has 0 aliphatic heterocycles. The number of nitrogens with zero attached hydrogens (tertiary/aromatic N) is 1. The molecule has 1 aromatic heterocycles. The molecule has 0 unspecified atom stereocenters. The number of H-pyrrole nitrogens is 1. The summed E-state index contributed by atoms with van der Waals surface area (Å²) < 4.78 is 5.23. The van der Waals surface area contributed by atoms with Crippen molar-refractivity contribution in [3.05, 3.63) is 71.4 Å². The highest BCUT2D eigenvalue weighted by Gasteiger charge is 2.13. The van der Waals surface area contributed by atoms with E-state index < -0.39 is 0 Å². The van der Waals surface area contributed by atoms with Gasteiger partial charge in [-0.3, -0.25) is 4.79 Å². The van der Waals surface area contributed by atoms with Crippen molar-refractivity contribution in [1.29, 1.82) is 5.26 Å². The van der Waals surface area contributed by atoms with Gasteiger partial charge in [0, 0.05) is 28.2 Å². The molecule has 0 saturated heterocycles. The average Bonchev–Trinajstić information content (AvgIpc) is 3.01. The number of nitriles is 1. The summed E-state index contributed by atoms with van der Waals surface area (Å²) in [6.07, 6.45) is 3.38. The van der Waals surface area contributed by atoms with E-state index in [-0.39, 0.29) is 11.4 Å². The van der Waals surface area contributed by atoms with Crippen LogP contribution in [0.5, 0.6) is 5.75 Å². The third-order valence-electron chi connectivity index (χ3n) is 3.62. The highest BCUT2D eigenvalue weighted by Crippen LogP contribution is 2.25. The maximum atomic E-state index is 12.4. The van der Waals surface area contributed by atoms with Crippen molar-refractivity contribution in [2.24, 2.45) is 0 Å². The highest BCUT2D eigenvalue weighted by molar-refractivity contribution is 6.14. The molecular formula is C19H14N2O2. The topological polar surface area (TPSA) is 65.9 Å². The van der Waals surface area contributed by atoms with Gasteiger partial charge in [-0.2, -0.15) is 5.26 Å². The summed E-state index contributed by atoms with van der Waals surface area (Å²) in [4.78, 5) is 15.6. The molecule has 0 aliphatic carbocycles. The molecule has 4 nitrogen and oxygen atoms in total. The van der Waals surface area contributed by atoms with Gasteiger partial charge in [-0.25, -0.2) is 0 Å². The number of nitrogens with one attached hydrogen (secondary N) is 1. The minimum absolute atomic E-state index is 0.0971. The normalized spacial score (nSPS) is 11.2. The Morgan fingerprint density at radius 1 is 1.22 bits per heavy atom. The van der Waals surface area contributed by atoms with E-state index in [1.165, 1.54) is 0 Å². The lowest BCUT2D eigenvalue weighted by Crippen LogP contribution is -2.01. The minimum Gasteiger partial charge on any atom is -0.497 e. The number of ketones is 1. The van der Waals surface area contributed by atoms with E-state index in [1.807, 2.05) is 30.3 Å². The number of fused-ring (bicyclic) bond motifs is 1. The van der Waals surface area contributed by atoms with Gasteiger partial charge >= 0.3 is 0 Å². The average molecular weight is 302 g/mol. The van der Waals surface area contributed by atoms with Gasteiger partial charge in [-0.1, -0.05) is 30.3 Å². The van der Waals surface area contributed by atoms with Crippen LogP contribution in [0, 0.1) is 11.3 Å². The minimum atomic E-state index is -0.287. The van der Waals surface area contributed by atoms with E-state index in [4.69, 9.17) is 4.74 Å². The Labute approximate surface area is 133 Å². The van der Waals surface area contributed by atoms with Crippen LogP contribution in [0.4, 0.5) is 0 Å².